The zero-order valence-electron chi connectivity index (χ0n) is 21.9. The van der Waals surface area contributed by atoms with Gasteiger partial charge >= 0.3 is 12.1 Å². The van der Waals surface area contributed by atoms with E-state index >= 15 is 0 Å². The van der Waals surface area contributed by atoms with E-state index in [2.05, 4.69) is 10.4 Å². The second-order valence-electron chi connectivity index (χ2n) is 9.15. The molecule has 13 heteroatoms. The third-order valence-electron chi connectivity index (χ3n) is 4.92. The average Bonchev–Trinajstić information content (AvgIpc) is 3.08. The van der Waals surface area contributed by atoms with E-state index in [4.69, 9.17) is 21.1 Å². The molecule has 0 spiro atoms. The lowest BCUT2D eigenvalue weighted by Gasteiger charge is -2.19. The molecule has 0 radical (unpaired) electrons. The smallest absolute Gasteiger partial charge is 0.407 e. The number of halogens is 2. The molecular formula is C24H32ClFN4O6S. The van der Waals surface area contributed by atoms with Crippen LogP contribution in [0.5, 0.6) is 0 Å². The lowest BCUT2D eigenvalue weighted by atomic mass is 10.0. The predicted molar refractivity (Wildman–Crippen MR) is 138 cm³/mol. The number of esters is 1. The summed E-state index contributed by atoms with van der Waals surface area (Å²) in [5, 5.41) is 6.68. The molecule has 1 heterocycles. The summed E-state index contributed by atoms with van der Waals surface area (Å²) in [7, 11) is -1.14. The van der Waals surface area contributed by atoms with Gasteiger partial charge in [-0.05, 0) is 58.4 Å². The Kier molecular flexibility index (Phi) is 9.86. The van der Waals surface area contributed by atoms with Gasteiger partial charge in [0.15, 0.2) is 5.69 Å². The standard InChI is InChI=1S/C24H32ClFN4O6S/c1-8-35-22(31)21-20(16-9-10-18(25)19(13-16)37(33,34)29(6)7)15(2)30(28-21)14-17(26)11-12-27-23(32)36-24(3,4)5/h9-11,13H,8,12,14H2,1-7H3,(H,27,32)/b17-11-. The number of aromatic nitrogens is 2. The normalized spacial score (nSPS) is 12.5. The summed E-state index contributed by atoms with van der Waals surface area (Å²) >= 11 is 6.17. The predicted octanol–water partition coefficient (Wildman–Crippen LogP) is 4.32. The second-order valence-corrected chi connectivity index (χ2v) is 11.7. The van der Waals surface area contributed by atoms with Crippen LogP contribution in [0.15, 0.2) is 35.0 Å². The van der Waals surface area contributed by atoms with E-state index in [1.807, 2.05) is 0 Å². The molecule has 0 bridgehead atoms. The zero-order valence-corrected chi connectivity index (χ0v) is 23.5. The number of allylic oxidation sites excluding steroid dienone is 1. The molecule has 0 atom stereocenters. The van der Waals surface area contributed by atoms with Crippen LogP contribution in [0.25, 0.3) is 11.1 Å². The Balaban J connectivity index is 2.45. The first kappa shape index (κ1) is 30.3. The van der Waals surface area contributed by atoms with Crippen molar-refractivity contribution >= 4 is 33.7 Å². The van der Waals surface area contributed by atoms with Gasteiger partial charge in [-0.25, -0.2) is 26.7 Å². The molecule has 0 aliphatic carbocycles. The number of carbonyl (C=O) groups is 2. The minimum absolute atomic E-state index is 0.00615. The van der Waals surface area contributed by atoms with Crippen molar-refractivity contribution < 1.29 is 31.9 Å². The van der Waals surface area contributed by atoms with Crippen LogP contribution in [-0.2, 0) is 26.0 Å². The number of amides is 1. The molecule has 0 fully saturated rings. The zero-order chi connectivity index (χ0) is 28.1. The Hall–Kier alpha value is -2.96. The summed E-state index contributed by atoms with van der Waals surface area (Å²) in [6.45, 7) is 7.99. The van der Waals surface area contributed by atoms with Crippen molar-refractivity contribution in [2.24, 2.45) is 0 Å². The Morgan fingerprint density at radius 2 is 1.92 bits per heavy atom. The number of nitrogens with one attached hydrogen (secondary N) is 1. The van der Waals surface area contributed by atoms with E-state index < -0.39 is 33.5 Å². The topological polar surface area (TPSA) is 120 Å². The minimum Gasteiger partial charge on any atom is -0.461 e. The number of nitrogens with zero attached hydrogens (tertiary/aromatic N) is 3. The largest absolute Gasteiger partial charge is 0.461 e. The first-order valence-corrected chi connectivity index (χ1v) is 13.2. The molecule has 37 heavy (non-hydrogen) atoms. The van der Waals surface area contributed by atoms with Gasteiger partial charge in [-0.2, -0.15) is 5.10 Å². The molecular weight excluding hydrogens is 527 g/mol. The highest BCUT2D eigenvalue weighted by atomic mass is 35.5. The summed E-state index contributed by atoms with van der Waals surface area (Å²) in [4.78, 5) is 24.3. The Bertz CT molecular complexity index is 1300. The molecule has 0 aliphatic rings. The first-order valence-electron chi connectivity index (χ1n) is 11.4. The first-order chi connectivity index (χ1) is 17.1. The highest BCUT2D eigenvalue weighted by Gasteiger charge is 2.27. The molecule has 1 amide bonds. The van der Waals surface area contributed by atoms with Gasteiger partial charge in [0.25, 0.3) is 0 Å². The Morgan fingerprint density at radius 1 is 1.27 bits per heavy atom. The third-order valence-corrected chi connectivity index (χ3v) is 7.22. The van der Waals surface area contributed by atoms with Gasteiger partial charge in [-0.15, -0.1) is 0 Å². The molecule has 2 rings (SSSR count). The van der Waals surface area contributed by atoms with Gasteiger partial charge in [0.1, 0.15) is 16.3 Å². The number of benzene rings is 1. The molecule has 204 valence electrons. The van der Waals surface area contributed by atoms with Gasteiger partial charge in [0.2, 0.25) is 10.0 Å². The van der Waals surface area contributed by atoms with E-state index in [0.29, 0.717) is 11.3 Å². The van der Waals surface area contributed by atoms with E-state index in [9.17, 15) is 22.4 Å². The summed E-state index contributed by atoms with van der Waals surface area (Å²) in [5.74, 6) is -1.38. The molecule has 0 saturated heterocycles. The van der Waals surface area contributed by atoms with Crippen LogP contribution < -0.4 is 5.32 Å². The molecule has 1 aromatic heterocycles. The van der Waals surface area contributed by atoms with Crippen molar-refractivity contribution in [2.45, 2.75) is 51.7 Å². The van der Waals surface area contributed by atoms with E-state index in [1.165, 1.54) is 30.9 Å². The van der Waals surface area contributed by atoms with Gasteiger partial charge in [-0.1, -0.05) is 17.7 Å². The van der Waals surface area contributed by atoms with Crippen LogP contribution in [0.3, 0.4) is 0 Å². The van der Waals surface area contributed by atoms with Crippen LogP contribution in [0, 0.1) is 6.92 Å². The van der Waals surface area contributed by atoms with Crippen LogP contribution in [0.4, 0.5) is 9.18 Å². The van der Waals surface area contributed by atoms with E-state index in [-0.39, 0.29) is 40.9 Å². The van der Waals surface area contributed by atoms with Crippen molar-refractivity contribution in [1.29, 1.82) is 0 Å². The molecule has 0 saturated carbocycles. The quantitative estimate of drug-likeness (QED) is 0.455. The maximum absolute atomic E-state index is 14.7. The van der Waals surface area contributed by atoms with Crippen LogP contribution in [-0.4, -0.2) is 67.4 Å². The summed E-state index contributed by atoms with van der Waals surface area (Å²) < 4.78 is 52.7. The fourth-order valence-corrected chi connectivity index (χ4v) is 4.60. The molecule has 0 aliphatic heterocycles. The Labute approximate surface area is 221 Å². The number of carbonyl (C=O) groups excluding carboxylic acids is 2. The lowest BCUT2D eigenvalue weighted by Crippen LogP contribution is -2.32. The number of rotatable bonds is 9. The third kappa shape index (κ3) is 7.76. The van der Waals surface area contributed by atoms with Crippen LogP contribution >= 0.6 is 11.6 Å². The summed E-state index contributed by atoms with van der Waals surface area (Å²) in [6.07, 6.45) is 0.462. The average molecular weight is 559 g/mol. The van der Waals surface area contributed by atoms with Crippen molar-refractivity contribution in [3.05, 3.63) is 46.5 Å². The van der Waals surface area contributed by atoms with Crippen molar-refractivity contribution in [3.8, 4) is 11.1 Å². The molecule has 2 aromatic rings. The molecule has 0 unspecified atom stereocenters. The fourth-order valence-electron chi connectivity index (χ4n) is 3.21. The van der Waals surface area contributed by atoms with E-state index in [0.717, 1.165) is 10.4 Å². The monoisotopic (exact) mass is 558 g/mol. The maximum atomic E-state index is 14.7. The number of ether oxygens (including phenoxy) is 2. The fraction of sp³-hybridized carbons (Fsp3) is 0.458. The summed E-state index contributed by atoms with van der Waals surface area (Å²) in [6, 6.07) is 4.29. The van der Waals surface area contributed by atoms with Gasteiger partial charge in [0, 0.05) is 31.9 Å². The van der Waals surface area contributed by atoms with Gasteiger partial charge in [-0.3, -0.25) is 4.68 Å². The van der Waals surface area contributed by atoms with Crippen molar-refractivity contribution in [2.75, 3.05) is 27.2 Å². The molecule has 10 nitrogen and oxygen atoms in total. The lowest BCUT2D eigenvalue weighted by molar-refractivity contribution is 0.0513. The summed E-state index contributed by atoms with van der Waals surface area (Å²) in [5.41, 5.74) is 0.223. The van der Waals surface area contributed by atoms with Crippen LogP contribution in [0.1, 0.15) is 43.9 Å². The second kappa shape index (κ2) is 12.1. The minimum atomic E-state index is -3.89. The Morgan fingerprint density at radius 3 is 2.49 bits per heavy atom. The van der Waals surface area contributed by atoms with E-state index in [1.54, 1.807) is 40.7 Å². The molecule has 1 aromatic carbocycles. The number of alkyl carbamates (subject to hydrolysis) is 1. The van der Waals surface area contributed by atoms with Crippen molar-refractivity contribution in [3.63, 3.8) is 0 Å². The van der Waals surface area contributed by atoms with Crippen molar-refractivity contribution in [1.82, 2.24) is 19.4 Å². The molecule has 1 N–H and O–H groups in total. The SMILES string of the molecule is CCOC(=O)c1nn(C/C(F)=C/CNC(=O)OC(C)(C)C)c(C)c1-c1ccc(Cl)c(S(=O)(=O)N(C)C)c1. The van der Waals surface area contributed by atoms with Crippen LogP contribution in [0.2, 0.25) is 5.02 Å². The maximum Gasteiger partial charge on any atom is 0.407 e. The van der Waals surface area contributed by atoms with Gasteiger partial charge < -0.3 is 14.8 Å². The number of sulfonamides is 1. The number of hydrogen-bond acceptors (Lipinski definition) is 7. The number of hydrogen-bond donors (Lipinski definition) is 1. The highest BCUT2D eigenvalue weighted by molar-refractivity contribution is 7.89. The van der Waals surface area contributed by atoms with Gasteiger partial charge in [0.05, 0.1) is 18.2 Å². The highest BCUT2D eigenvalue weighted by Crippen LogP contribution is 2.33.